The highest BCUT2D eigenvalue weighted by Crippen LogP contribution is 2.11. The van der Waals surface area contributed by atoms with Crippen molar-refractivity contribution >= 4 is 5.91 Å². The fourth-order valence-electron chi connectivity index (χ4n) is 2.07. The third-order valence-electron chi connectivity index (χ3n) is 3.12. The molecule has 0 radical (unpaired) electrons. The van der Waals surface area contributed by atoms with E-state index in [-0.39, 0.29) is 5.91 Å². The van der Waals surface area contributed by atoms with Crippen molar-refractivity contribution in [3.63, 3.8) is 0 Å². The molecule has 2 aromatic heterocycles. The Kier molecular flexibility index (Phi) is 5.42. The van der Waals surface area contributed by atoms with Gasteiger partial charge < -0.3 is 9.88 Å². The van der Waals surface area contributed by atoms with Gasteiger partial charge in [-0.05, 0) is 16.8 Å². The lowest BCUT2D eigenvalue weighted by Gasteiger charge is -2.10. The second-order valence-electron chi connectivity index (χ2n) is 5.16. The van der Waals surface area contributed by atoms with Crippen molar-refractivity contribution in [2.24, 2.45) is 0 Å². The molecule has 0 atom stereocenters. The zero-order valence-electron chi connectivity index (χ0n) is 12.4. The Morgan fingerprint density at radius 3 is 2.95 bits per heavy atom. The molecule has 0 aliphatic heterocycles. The lowest BCUT2D eigenvalue weighted by Crippen LogP contribution is -2.26. The van der Waals surface area contributed by atoms with Crippen LogP contribution in [-0.2, 0) is 17.9 Å². The van der Waals surface area contributed by atoms with Crippen molar-refractivity contribution in [2.45, 2.75) is 45.7 Å². The average molecular weight is 291 g/mol. The molecule has 0 saturated carbocycles. The lowest BCUT2D eigenvalue weighted by atomic mass is 10.2. The van der Waals surface area contributed by atoms with Crippen LogP contribution in [-0.4, -0.2) is 42.2 Å². The van der Waals surface area contributed by atoms with E-state index in [1.807, 2.05) is 12.4 Å². The van der Waals surface area contributed by atoms with Gasteiger partial charge in [-0.25, -0.2) is 9.67 Å². The maximum absolute atomic E-state index is 11.7. The molecule has 8 heteroatoms. The molecule has 0 aromatic carbocycles. The van der Waals surface area contributed by atoms with Crippen molar-refractivity contribution < 1.29 is 4.79 Å². The van der Waals surface area contributed by atoms with E-state index in [0.717, 1.165) is 18.8 Å². The Morgan fingerprint density at radius 1 is 1.38 bits per heavy atom. The van der Waals surface area contributed by atoms with Crippen molar-refractivity contribution in [3.8, 4) is 0 Å². The molecule has 2 heterocycles. The number of hydrogen-bond acceptors (Lipinski definition) is 5. The second kappa shape index (κ2) is 7.51. The molecule has 0 bridgehead atoms. The standard InChI is InChI=1S/C13H21N7O/c1-11(2)13-15-6-9-19(13)7-3-5-14-12(21)4-8-20-10-16-17-18-20/h6,9-11H,3-5,7-8H2,1-2H3,(H,14,21). The number of tetrazole rings is 1. The van der Waals surface area contributed by atoms with Gasteiger partial charge in [0.1, 0.15) is 12.2 Å². The molecule has 0 fully saturated rings. The number of hydrogen-bond donors (Lipinski definition) is 1. The Labute approximate surface area is 123 Å². The Balaban J connectivity index is 1.63. The zero-order chi connectivity index (χ0) is 15.1. The number of amides is 1. The van der Waals surface area contributed by atoms with E-state index < -0.39 is 0 Å². The first-order valence-corrected chi connectivity index (χ1v) is 7.15. The number of nitrogens with zero attached hydrogens (tertiary/aromatic N) is 6. The molecule has 114 valence electrons. The first-order valence-electron chi connectivity index (χ1n) is 7.15. The van der Waals surface area contributed by atoms with Gasteiger partial charge in [0.15, 0.2) is 0 Å². The highest BCUT2D eigenvalue weighted by Gasteiger charge is 2.07. The molecule has 0 aliphatic rings. The number of aryl methyl sites for hydroxylation is 2. The minimum Gasteiger partial charge on any atom is -0.356 e. The minimum atomic E-state index is 0.0141. The van der Waals surface area contributed by atoms with Gasteiger partial charge in [-0.3, -0.25) is 4.79 Å². The highest BCUT2D eigenvalue weighted by molar-refractivity contribution is 5.75. The molecule has 2 aromatic rings. The van der Waals surface area contributed by atoms with E-state index in [1.54, 1.807) is 4.68 Å². The van der Waals surface area contributed by atoms with Crippen LogP contribution in [0.5, 0.6) is 0 Å². The molecule has 0 spiro atoms. The van der Waals surface area contributed by atoms with E-state index in [2.05, 4.69) is 44.2 Å². The number of carbonyl (C=O) groups excluding carboxylic acids is 1. The summed E-state index contributed by atoms with van der Waals surface area (Å²) in [5, 5.41) is 13.6. The van der Waals surface area contributed by atoms with Gasteiger partial charge in [-0.1, -0.05) is 13.8 Å². The summed E-state index contributed by atoms with van der Waals surface area (Å²) in [5.41, 5.74) is 0. The van der Waals surface area contributed by atoms with Gasteiger partial charge in [0.25, 0.3) is 0 Å². The average Bonchev–Trinajstić information content (AvgIpc) is 3.12. The number of aromatic nitrogens is 6. The van der Waals surface area contributed by atoms with Gasteiger partial charge in [-0.2, -0.15) is 0 Å². The summed E-state index contributed by atoms with van der Waals surface area (Å²) in [7, 11) is 0. The second-order valence-corrected chi connectivity index (χ2v) is 5.16. The van der Waals surface area contributed by atoms with Crippen LogP contribution in [0.1, 0.15) is 38.4 Å². The summed E-state index contributed by atoms with van der Waals surface area (Å²) < 4.78 is 3.68. The topological polar surface area (TPSA) is 90.5 Å². The first kappa shape index (κ1) is 15.1. The largest absolute Gasteiger partial charge is 0.356 e. The Bertz CT molecular complexity index is 547. The van der Waals surface area contributed by atoms with Crippen LogP contribution in [0.2, 0.25) is 0 Å². The molecule has 0 saturated heterocycles. The summed E-state index contributed by atoms with van der Waals surface area (Å²) in [6.07, 6.45) is 6.56. The van der Waals surface area contributed by atoms with Gasteiger partial charge in [0.05, 0.1) is 6.54 Å². The molecule has 0 unspecified atom stereocenters. The van der Waals surface area contributed by atoms with Crippen LogP contribution in [0.4, 0.5) is 0 Å². The first-order chi connectivity index (χ1) is 10.2. The SMILES string of the molecule is CC(C)c1nccn1CCCNC(=O)CCn1cnnn1. The Hall–Kier alpha value is -2.25. The summed E-state index contributed by atoms with van der Waals surface area (Å²) in [5.74, 6) is 1.51. The predicted molar refractivity (Wildman–Crippen MR) is 76.4 cm³/mol. The monoisotopic (exact) mass is 291 g/mol. The van der Waals surface area contributed by atoms with E-state index in [0.29, 0.717) is 25.4 Å². The fourth-order valence-corrected chi connectivity index (χ4v) is 2.07. The van der Waals surface area contributed by atoms with E-state index >= 15 is 0 Å². The number of imidazole rings is 1. The number of nitrogens with one attached hydrogen (secondary N) is 1. The molecule has 1 N–H and O–H groups in total. The van der Waals surface area contributed by atoms with Crippen LogP contribution < -0.4 is 5.32 Å². The van der Waals surface area contributed by atoms with Gasteiger partial charge >= 0.3 is 0 Å². The van der Waals surface area contributed by atoms with Crippen molar-refractivity contribution in [1.29, 1.82) is 0 Å². The predicted octanol–water partition coefficient (Wildman–Crippen LogP) is 0.590. The fraction of sp³-hybridized carbons (Fsp3) is 0.615. The Morgan fingerprint density at radius 2 is 2.24 bits per heavy atom. The van der Waals surface area contributed by atoms with Crippen LogP contribution in [0.15, 0.2) is 18.7 Å². The quantitative estimate of drug-likeness (QED) is 0.719. The van der Waals surface area contributed by atoms with E-state index in [1.165, 1.54) is 6.33 Å². The van der Waals surface area contributed by atoms with Crippen molar-refractivity contribution in [2.75, 3.05) is 6.54 Å². The van der Waals surface area contributed by atoms with Crippen LogP contribution in [0.25, 0.3) is 0 Å². The van der Waals surface area contributed by atoms with Gasteiger partial charge in [0.2, 0.25) is 5.91 Å². The summed E-state index contributed by atoms with van der Waals surface area (Å²) in [4.78, 5) is 16.0. The van der Waals surface area contributed by atoms with Crippen LogP contribution >= 0.6 is 0 Å². The van der Waals surface area contributed by atoms with E-state index in [4.69, 9.17) is 0 Å². The smallest absolute Gasteiger partial charge is 0.221 e. The van der Waals surface area contributed by atoms with Crippen LogP contribution in [0, 0.1) is 0 Å². The summed E-state index contributed by atoms with van der Waals surface area (Å²) in [6.45, 7) is 6.27. The zero-order valence-corrected chi connectivity index (χ0v) is 12.4. The number of carbonyl (C=O) groups is 1. The van der Waals surface area contributed by atoms with Crippen LogP contribution in [0.3, 0.4) is 0 Å². The molecule has 0 aliphatic carbocycles. The third-order valence-corrected chi connectivity index (χ3v) is 3.12. The third kappa shape index (κ3) is 4.66. The van der Waals surface area contributed by atoms with Crippen molar-refractivity contribution in [3.05, 3.63) is 24.5 Å². The minimum absolute atomic E-state index is 0.0141. The lowest BCUT2D eigenvalue weighted by molar-refractivity contribution is -0.121. The molecule has 2 rings (SSSR count). The maximum atomic E-state index is 11.7. The number of rotatable bonds is 8. The van der Waals surface area contributed by atoms with Gasteiger partial charge in [0, 0.05) is 37.8 Å². The van der Waals surface area contributed by atoms with Gasteiger partial charge in [-0.15, -0.1) is 5.10 Å². The summed E-state index contributed by atoms with van der Waals surface area (Å²) in [6, 6.07) is 0. The van der Waals surface area contributed by atoms with E-state index in [9.17, 15) is 4.79 Å². The highest BCUT2D eigenvalue weighted by atomic mass is 16.1. The molecule has 1 amide bonds. The maximum Gasteiger partial charge on any atom is 0.221 e. The molecular weight excluding hydrogens is 270 g/mol. The normalized spacial score (nSPS) is 11.0. The molecule has 8 nitrogen and oxygen atoms in total. The molecular formula is C13H21N7O. The summed E-state index contributed by atoms with van der Waals surface area (Å²) >= 11 is 0. The molecule has 21 heavy (non-hydrogen) atoms. The van der Waals surface area contributed by atoms with Crippen molar-refractivity contribution in [1.82, 2.24) is 35.1 Å².